The maximum atomic E-state index is 6.92. The highest BCUT2D eigenvalue weighted by Crippen LogP contribution is 2.80. The van der Waals surface area contributed by atoms with Crippen molar-refractivity contribution in [3.63, 3.8) is 0 Å². The van der Waals surface area contributed by atoms with Crippen molar-refractivity contribution in [3.8, 4) is 0 Å². The largest absolute Gasteiger partial charge is 0.139 e. The minimum atomic E-state index is -0.772. The van der Waals surface area contributed by atoms with Crippen LogP contribution in [-0.4, -0.2) is 4.33 Å². The summed E-state index contributed by atoms with van der Waals surface area (Å²) in [6.07, 6.45) is 1.85. The van der Waals surface area contributed by atoms with Gasteiger partial charge in [-0.2, -0.15) is 0 Å². The van der Waals surface area contributed by atoms with Crippen molar-refractivity contribution in [2.75, 3.05) is 0 Å². The second kappa shape index (κ2) is 5.04. The van der Waals surface area contributed by atoms with Crippen LogP contribution < -0.4 is 0 Å². The summed E-state index contributed by atoms with van der Waals surface area (Å²) in [5.74, 6) is 0. The number of halogens is 2. The fraction of sp³-hybridized carbons (Fsp3) is 0.368. The van der Waals surface area contributed by atoms with E-state index in [-0.39, 0.29) is 10.8 Å². The van der Waals surface area contributed by atoms with E-state index >= 15 is 0 Å². The standard InChI is InChI=1S/C19H20Cl2/c1-3-17(15-11-7-5-8-12-15)18(4-2,19(17,20)21)16-13-9-6-10-14-16/h5-14H,3-4H2,1-2H3. The van der Waals surface area contributed by atoms with E-state index in [0.29, 0.717) is 0 Å². The minimum absolute atomic E-state index is 0.222. The molecule has 0 aromatic heterocycles. The predicted molar refractivity (Wildman–Crippen MR) is 91.3 cm³/mol. The van der Waals surface area contributed by atoms with E-state index in [1.165, 1.54) is 11.1 Å². The minimum Gasteiger partial charge on any atom is -0.0996 e. The quantitative estimate of drug-likeness (QED) is 0.618. The van der Waals surface area contributed by atoms with E-state index < -0.39 is 4.33 Å². The van der Waals surface area contributed by atoms with E-state index in [4.69, 9.17) is 23.2 Å². The van der Waals surface area contributed by atoms with Crippen LogP contribution in [0.25, 0.3) is 0 Å². The van der Waals surface area contributed by atoms with Crippen molar-refractivity contribution < 1.29 is 0 Å². The van der Waals surface area contributed by atoms with Crippen LogP contribution in [0.1, 0.15) is 37.8 Å². The molecule has 0 nitrogen and oxygen atoms in total. The summed E-state index contributed by atoms with van der Waals surface area (Å²) in [5, 5.41) is 0. The summed E-state index contributed by atoms with van der Waals surface area (Å²) in [5.41, 5.74) is 2.03. The molecule has 0 radical (unpaired) electrons. The summed E-state index contributed by atoms with van der Waals surface area (Å²) in [6, 6.07) is 21.0. The second-order valence-electron chi connectivity index (χ2n) is 5.82. The van der Waals surface area contributed by atoms with Crippen LogP contribution in [0.3, 0.4) is 0 Å². The highest BCUT2D eigenvalue weighted by molar-refractivity contribution is 6.54. The van der Waals surface area contributed by atoms with E-state index in [1.54, 1.807) is 0 Å². The molecule has 0 bridgehead atoms. The van der Waals surface area contributed by atoms with Crippen LogP contribution >= 0.6 is 23.2 Å². The zero-order chi connectivity index (χ0) is 15.1. The lowest BCUT2D eigenvalue weighted by atomic mass is 9.78. The fourth-order valence-electron chi connectivity index (χ4n) is 4.36. The molecule has 1 fully saturated rings. The number of hydrogen-bond acceptors (Lipinski definition) is 0. The first kappa shape index (κ1) is 14.9. The third-order valence-electron chi connectivity index (χ3n) is 5.33. The molecule has 2 unspecified atom stereocenters. The Hall–Kier alpha value is -0.980. The smallest absolute Gasteiger partial charge is 0.0996 e. The van der Waals surface area contributed by atoms with Crippen molar-refractivity contribution in [2.24, 2.45) is 0 Å². The Labute approximate surface area is 137 Å². The monoisotopic (exact) mass is 318 g/mol. The van der Waals surface area contributed by atoms with Gasteiger partial charge >= 0.3 is 0 Å². The summed E-state index contributed by atoms with van der Waals surface area (Å²) in [6.45, 7) is 4.37. The van der Waals surface area contributed by atoms with Gasteiger partial charge < -0.3 is 0 Å². The molecule has 1 aliphatic carbocycles. The van der Waals surface area contributed by atoms with Crippen LogP contribution in [0.2, 0.25) is 0 Å². The average molecular weight is 319 g/mol. The molecule has 1 saturated carbocycles. The third kappa shape index (κ3) is 1.64. The Balaban J connectivity index is 2.23. The van der Waals surface area contributed by atoms with Gasteiger partial charge in [0.05, 0.1) is 0 Å². The molecule has 2 atom stereocenters. The molecule has 110 valence electrons. The molecule has 2 aromatic rings. The van der Waals surface area contributed by atoms with Crippen LogP contribution in [-0.2, 0) is 10.8 Å². The number of rotatable bonds is 4. The van der Waals surface area contributed by atoms with Crippen molar-refractivity contribution in [3.05, 3.63) is 71.8 Å². The number of hydrogen-bond donors (Lipinski definition) is 0. The Bertz CT molecular complexity index is 565. The lowest BCUT2D eigenvalue weighted by Crippen LogP contribution is -2.21. The van der Waals surface area contributed by atoms with Crippen LogP contribution in [0.5, 0.6) is 0 Å². The summed E-state index contributed by atoms with van der Waals surface area (Å²) in [7, 11) is 0. The molecule has 0 heterocycles. The van der Waals surface area contributed by atoms with Gasteiger partial charge in [0.15, 0.2) is 0 Å². The maximum Gasteiger partial charge on any atom is 0.139 e. The third-order valence-corrected chi connectivity index (χ3v) is 6.62. The van der Waals surface area contributed by atoms with Gasteiger partial charge in [-0.1, -0.05) is 97.7 Å². The maximum absolute atomic E-state index is 6.92. The van der Waals surface area contributed by atoms with Crippen molar-refractivity contribution in [1.29, 1.82) is 0 Å². The average Bonchev–Trinajstić information content (AvgIpc) is 3.00. The van der Waals surface area contributed by atoms with Crippen LogP contribution in [0.15, 0.2) is 60.7 Å². The Morgan fingerprint density at radius 3 is 1.29 bits per heavy atom. The van der Waals surface area contributed by atoms with Crippen LogP contribution in [0, 0.1) is 0 Å². The first-order chi connectivity index (χ1) is 10.1. The van der Waals surface area contributed by atoms with Crippen molar-refractivity contribution >= 4 is 23.2 Å². The van der Waals surface area contributed by atoms with Gasteiger partial charge in [-0.15, -0.1) is 0 Å². The first-order valence-corrected chi connectivity index (χ1v) is 8.33. The SMILES string of the molecule is CCC1(c2ccccc2)C(Cl)(Cl)C1(CC)c1ccccc1. The molecule has 0 amide bonds. The zero-order valence-electron chi connectivity index (χ0n) is 12.4. The van der Waals surface area contributed by atoms with Gasteiger partial charge in [0.2, 0.25) is 0 Å². The molecular weight excluding hydrogens is 299 g/mol. The predicted octanol–water partition coefficient (Wildman–Crippen LogP) is 5.87. The molecule has 3 rings (SSSR count). The normalized spacial score (nSPS) is 30.1. The topological polar surface area (TPSA) is 0 Å². The molecule has 0 N–H and O–H groups in total. The zero-order valence-corrected chi connectivity index (χ0v) is 14.0. The molecule has 0 spiro atoms. The fourth-order valence-corrected chi connectivity index (χ4v) is 5.89. The Morgan fingerprint density at radius 1 is 0.667 bits per heavy atom. The summed E-state index contributed by atoms with van der Waals surface area (Å²) >= 11 is 13.8. The second-order valence-corrected chi connectivity index (χ2v) is 7.15. The molecule has 2 aromatic carbocycles. The first-order valence-electron chi connectivity index (χ1n) is 7.57. The number of benzene rings is 2. The molecular formula is C19H20Cl2. The lowest BCUT2D eigenvalue weighted by molar-refractivity contribution is 0.507. The number of alkyl halides is 2. The highest BCUT2D eigenvalue weighted by Gasteiger charge is 2.85. The van der Waals surface area contributed by atoms with Gasteiger partial charge in [0.1, 0.15) is 4.33 Å². The highest BCUT2D eigenvalue weighted by atomic mass is 35.5. The molecule has 0 saturated heterocycles. The molecule has 0 aliphatic heterocycles. The van der Waals surface area contributed by atoms with E-state index in [0.717, 1.165) is 12.8 Å². The summed E-state index contributed by atoms with van der Waals surface area (Å²) in [4.78, 5) is 0. The van der Waals surface area contributed by atoms with E-state index in [1.807, 2.05) is 12.1 Å². The van der Waals surface area contributed by atoms with Crippen LogP contribution in [0.4, 0.5) is 0 Å². The summed E-state index contributed by atoms with van der Waals surface area (Å²) < 4.78 is -0.772. The van der Waals surface area contributed by atoms with Crippen molar-refractivity contribution in [2.45, 2.75) is 41.9 Å². The van der Waals surface area contributed by atoms with Gasteiger partial charge in [-0.25, -0.2) is 0 Å². The van der Waals surface area contributed by atoms with Gasteiger partial charge in [0, 0.05) is 10.8 Å². The van der Waals surface area contributed by atoms with Gasteiger partial charge in [-0.3, -0.25) is 0 Å². The van der Waals surface area contributed by atoms with E-state index in [2.05, 4.69) is 62.4 Å². The van der Waals surface area contributed by atoms with Gasteiger partial charge in [-0.05, 0) is 24.0 Å². The van der Waals surface area contributed by atoms with Gasteiger partial charge in [0.25, 0.3) is 0 Å². The Kier molecular flexibility index (Phi) is 3.58. The Morgan fingerprint density at radius 2 is 1.00 bits per heavy atom. The van der Waals surface area contributed by atoms with E-state index in [9.17, 15) is 0 Å². The van der Waals surface area contributed by atoms with Crippen molar-refractivity contribution in [1.82, 2.24) is 0 Å². The molecule has 21 heavy (non-hydrogen) atoms. The molecule has 1 aliphatic rings. The lowest BCUT2D eigenvalue weighted by Gasteiger charge is -2.23. The molecule has 2 heteroatoms.